The van der Waals surface area contributed by atoms with Crippen LogP contribution < -0.4 is 11.5 Å². The molecular weight excluding hydrogens is 719 g/mol. The molecule has 296 valence electrons. The van der Waals surface area contributed by atoms with E-state index in [1.54, 1.807) is 18.3 Å². The number of imidazole rings is 2. The predicted molar refractivity (Wildman–Crippen MR) is 219 cm³/mol. The molecule has 1 amide bonds. The Morgan fingerprint density at radius 2 is 1.54 bits per heavy atom. The molecule has 2 saturated heterocycles. The second-order valence-corrected chi connectivity index (χ2v) is 18.4. The monoisotopic (exact) mass is 770 g/mol. The fourth-order valence-electron chi connectivity index (χ4n) is 10.4. The summed E-state index contributed by atoms with van der Waals surface area (Å²) in [6.45, 7) is 13.5. The van der Waals surface area contributed by atoms with Crippen molar-refractivity contribution in [3.8, 4) is 33.5 Å². The average Bonchev–Trinajstić information content (AvgIpc) is 3.85. The number of nitrogens with two attached hydrogens (primary N) is 2. The number of aromatic amines is 2. The van der Waals surface area contributed by atoms with Gasteiger partial charge in [0.15, 0.2) is 0 Å². The lowest BCUT2D eigenvalue weighted by atomic mass is 9.96. The van der Waals surface area contributed by atoms with E-state index in [4.69, 9.17) is 21.4 Å². The van der Waals surface area contributed by atoms with Gasteiger partial charge in [-0.05, 0) is 108 Å². The second kappa shape index (κ2) is 12.8. The molecule has 6 atom stereocenters. The average molecular weight is 771 g/mol. The summed E-state index contributed by atoms with van der Waals surface area (Å²) in [5.74, 6) is -0.973. The van der Waals surface area contributed by atoms with Crippen LogP contribution in [0, 0.1) is 23.2 Å². The van der Waals surface area contributed by atoms with E-state index >= 15 is 8.78 Å². The Balaban J connectivity index is 0.916. The van der Waals surface area contributed by atoms with Crippen molar-refractivity contribution in [3.05, 3.63) is 95.8 Å². The molecule has 3 aliphatic carbocycles. The molecular formula is C46H52F2N8O. The van der Waals surface area contributed by atoms with Crippen molar-refractivity contribution in [2.75, 3.05) is 6.54 Å². The van der Waals surface area contributed by atoms with E-state index in [2.05, 4.69) is 35.3 Å². The number of halogens is 2. The second-order valence-electron chi connectivity index (χ2n) is 18.4. The maximum atomic E-state index is 16.5. The summed E-state index contributed by atoms with van der Waals surface area (Å²) >= 11 is 0. The Morgan fingerprint density at radius 3 is 2.25 bits per heavy atom. The molecule has 5 aromatic rings. The molecule has 0 radical (unpaired) electrons. The van der Waals surface area contributed by atoms with Crippen molar-refractivity contribution >= 4 is 16.9 Å². The number of hydrogen-bond donors (Lipinski definition) is 4. The summed E-state index contributed by atoms with van der Waals surface area (Å²) < 4.78 is 33.1. The normalized spacial score (nSPS) is 24.9. The van der Waals surface area contributed by atoms with Crippen LogP contribution in [0.1, 0.15) is 101 Å². The minimum atomic E-state index is -3.19. The lowest BCUT2D eigenvalue weighted by Crippen LogP contribution is -2.50. The molecule has 57 heavy (non-hydrogen) atoms. The van der Waals surface area contributed by atoms with Gasteiger partial charge in [0.05, 0.1) is 41.0 Å². The van der Waals surface area contributed by atoms with Gasteiger partial charge in [0.25, 0.3) is 5.92 Å². The third-order valence-corrected chi connectivity index (χ3v) is 14.1. The number of carbonyl (C=O) groups is 1. The van der Waals surface area contributed by atoms with Crippen molar-refractivity contribution in [2.24, 2.45) is 34.6 Å². The number of likely N-dealkylation sites (tertiary alicyclic amines) is 2. The summed E-state index contributed by atoms with van der Waals surface area (Å²) in [5.41, 5.74) is 19.7. The molecule has 0 unspecified atom stereocenters. The summed E-state index contributed by atoms with van der Waals surface area (Å²) in [6.07, 6.45) is 8.13. The highest BCUT2D eigenvalue weighted by molar-refractivity contribution is 5.87. The third kappa shape index (κ3) is 5.70. The van der Waals surface area contributed by atoms with Gasteiger partial charge in [-0.25, -0.2) is 9.97 Å². The first-order valence-electron chi connectivity index (χ1n) is 20.7. The minimum absolute atomic E-state index is 0.00296. The maximum Gasteiger partial charge on any atom is 0.299 e. The van der Waals surface area contributed by atoms with Crippen LogP contribution in [0.5, 0.6) is 0 Å². The number of piperidine rings is 1. The standard InChI is InChI=1S/C46H52F2N8O/c1-23(2)39(49)25(5)55-22-45(14-15-45)20-38(55)42-51-21-37(54-42)28-8-12-32-31-11-7-26(17-33(31)46(47,48)34(32)18-28)27-9-13-35-36(19-27)53-43(52-35)41-29-6-10-30(16-29)56(41)44(57)40(50)24(3)4/h7-9,11-13,17-19,21,23-24,29-30,38-41H,5-6,10,14-16,20,22,49-50H2,1-4H3,(H,51,54)(H,52,53)/t29-,30+,38-,39-,40-,41-/m0/s1. The highest BCUT2D eigenvalue weighted by atomic mass is 19.3. The highest BCUT2D eigenvalue weighted by Gasteiger charge is 2.54. The van der Waals surface area contributed by atoms with E-state index in [0.29, 0.717) is 33.9 Å². The third-order valence-electron chi connectivity index (χ3n) is 14.1. The van der Waals surface area contributed by atoms with Gasteiger partial charge in [0, 0.05) is 41.0 Å². The zero-order valence-corrected chi connectivity index (χ0v) is 33.2. The summed E-state index contributed by atoms with van der Waals surface area (Å²) in [7, 11) is 0. The molecule has 2 aromatic heterocycles. The minimum Gasteiger partial charge on any atom is -0.363 e. The molecule has 2 bridgehead atoms. The molecule has 2 saturated carbocycles. The molecule has 1 spiro atoms. The van der Waals surface area contributed by atoms with Gasteiger partial charge in [0.1, 0.15) is 11.6 Å². The molecule has 3 aromatic carbocycles. The zero-order valence-electron chi connectivity index (χ0n) is 33.2. The number of H-pyrrole nitrogens is 2. The Labute approximate surface area is 332 Å². The Morgan fingerprint density at radius 1 is 0.877 bits per heavy atom. The first-order chi connectivity index (χ1) is 27.2. The Bertz CT molecular complexity index is 2440. The van der Waals surface area contributed by atoms with Crippen LogP contribution >= 0.6 is 0 Å². The van der Waals surface area contributed by atoms with Gasteiger partial charge >= 0.3 is 0 Å². The smallest absolute Gasteiger partial charge is 0.299 e. The maximum absolute atomic E-state index is 16.5. The number of amides is 1. The number of alkyl halides is 2. The molecule has 4 fully saturated rings. The van der Waals surface area contributed by atoms with Crippen molar-refractivity contribution in [1.29, 1.82) is 0 Å². The van der Waals surface area contributed by atoms with E-state index in [0.717, 1.165) is 66.2 Å². The van der Waals surface area contributed by atoms with Crippen LogP contribution in [-0.2, 0) is 10.7 Å². The molecule has 10 rings (SSSR count). The molecule has 9 nitrogen and oxygen atoms in total. The predicted octanol–water partition coefficient (Wildman–Crippen LogP) is 8.80. The van der Waals surface area contributed by atoms with Crippen LogP contribution in [0.15, 0.2) is 73.1 Å². The van der Waals surface area contributed by atoms with Crippen LogP contribution in [0.4, 0.5) is 8.78 Å². The van der Waals surface area contributed by atoms with Gasteiger partial charge < -0.3 is 31.2 Å². The zero-order chi connectivity index (χ0) is 39.7. The van der Waals surface area contributed by atoms with E-state index in [-0.39, 0.29) is 58.5 Å². The Kier molecular flexibility index (Phi) is 8.20. The number of nitrogens with zero attached hydrogens (tertiary/aromatic N) is 4. The molecule has 6 N–H and O–H groups in total. The highest BCUT2D eigenvalue weighted by Crippen LogP contribution is 2.59. The quantitative estimate of drug-likeness (QED) is 0.119. The van der Waals surface area contributed by atoms with E-state index in [1.807, 2.05) is 61.2 Å². The lowest BCUT2D eigenvalue weighted by molar-refractivity contribution is -0.138. The molecule has 5 aliphatic rings. The van der Waals surface area contributed by atoms with Crippen molar-refractivity contribution in [1.82, 2.24) is 29.7 Å². The van der Waals surface area contributed by atoms with Gasteiger partial charge in [-0.3, -0.25) is 4.79 Å². The van der Waals surface area contributed by atoms with Gasteiger partial charge in [-0.2, -0.15) is 8.78 Å². The number of nitrogens with one attached hydrogen (secondary N) is 2. The topological polar surface area (TPSA) is 133 Å². The van der Waals surface area contributed by atoms with Crippen LogP contribution in [-0.4, -0.2) is 60.3 Å². The van der Waals surface area contributed by atoms with Gasteiger partial charge in [-0.15, -0.1) is 0 Å². The number of aromatic nitrogens is 4. The van der Waals surface area contributed by atoms with Gasteiger partial charge in [0.2, 0.25) is 5.91 Å². The molecule has 4 heterocycles. The molecule has 11 heteroatoms. The fraction of sp³-hybridized carbons (Fsp3) is 0.457. The lowest BCUT2D eigenvalue weighted by Gasteiger charge is -2.36. The summed E-state index contributed by atoms with van der Waals surface area (Å²) in [5, 5.41) is 0. The first-order valence-corrected chi connectivity index (χ1v) is 20.7. The first kappa shape index (κ1) is 36.5. The number of fused-ring (bicyclic) bond motifs is 6. The van der Waals surface area contributed by atoms with E-state index < -0.39 is 12.0 Å². The fourth-order valence-corrected chi connectivity index (χ4v) is 10.4. The van der Waals surface area contributed by atoms with Crippen molar-refractivity contribution in [2.45, 2.75) is 102 Å². The van der Waals surface area contributed by atoms with Crippen LogP contribution in [0.3, 0.4) is 0 Å². The van der Waals surface area contributed by atoms with E-state index in [1.165, 1.54) is 12.8 Å². The van der Waals surface area contributed by atoms with Crippen molar-refractivity contribution in [3.63, 3.8) is 0 Å². The number of hydrogen-bond acceptors (Lipinski definition) is 6. The van der Waals surface area contributed by atoms with E-state index in [9.17, 15) is 4.79 Å². The summed E-state index contributed by atoms with van der Waals surface area (Å²) in [4.78, 5) is 34.7. The van der Waals surface area contributed by atoms with Crippen molar-refractivity contribution < 1.29 is 13.6 Å². The van der Waals surface area contributed by atoms with Crippen LogP contribution in [0.2, 0.25) is 0 Å². The number of carbonyl (C=O) groups excluding carboxylic acids is 1. The number of benzene rings is 3. The number of rotatable bonds is 9. The van der Waals surface area contributed by atoms with Gasteiger partial charge in [-0.1, -0.05) is 64.6 Å². The Hall–Kier alpha value is -4.87. The van der Waals surface area contributed by atoms with Crippen LogP contribution in [0.25, 0.3) is 44.5 Å². The SMILES string of the molecule is C=C([C@@H](N)C(C)C)N1CC2(CC2)C[C@H]1c1ncc(-c2ccc3c(c2)C(F)(F)c2cc(-c4ccc5nc([C@@H]6[C@H]7CC[C@H](C7)N6C(=O)[C@@H](N)C(C)C)[nH]c5c4)ccc2-3)[nH]1. The summed E-state index contributed by atoms with van der Waals surface area (Å²) in [6, 6.07) is 15.9. The molecule has 2 aliphatic heterocycles. The largest absolute Gasteiger partial charge is 0.363 e.